The summed E-state index contributed by atoms with van der Waals surface area (Å²) in [5.41, 5.74) is 5.66. The molecule has 19 heavy (non-hydrogen) atoms. The summed E-state index contributed by atoms with van der Waals surface area (Å²) in [6, 6.07) is 9.57. The molecule has 102 valence electrons. The molecule has 1 atom stereocenters. The highest BCUT2D eigenvalue weighted by Gasteiger charge is 2.12. The van der Waals surface area contributed by atoms with E-state index in [4.69, 9.17) is 15.0 Å². The third-order valence-corrected chi connectivity index (χ3v) is 3.00. The van der Waals surface area contributed by atoms with Gasteiger partial charge in [-0.25, -0.2) is 0 Å². The van der Waals surface area contributed by atoms with Crippen LogP contribution in [0.3, 0.4) is 0 Å². The van der Waals surface area contributed by atoms with E-state index in [1.165, 1.54) is 0 Å². The smallest absolute Gasteiger partial charge is 0.227 e. The zero-order chi connectivity index (χ0) is 13.5. The highest BCUT2D eigenvalue weighted by atomic mass is 16.5. The Bertz CT molecular complexity index is 480. The van der Waals surface area contributed by atoms with Gasteiger partial charge in [-0.1, -0.05) is 36.7 Å². The van der Waals surface area contributed by atoms with Crippen LogP contribution >= 0.6 is 0 Å². The van der Waals surface area contributed by atoms with Crippen LogP contribution in [0.4, 0.5) is 0 Å². The van der Waals surface area contributed by atoms with Crippen molar-refractivity contribution in [3.8, 4) is 5.75 Å². The van der Waals surface area contributed by atoms with Crippen LogP contribution in [0.1, 0.15) is 25.1 Å². The first-order valence-electron chi connectivity index (χ1n) is 6.51. The second-order valence-corrected chi connectivity index (χ2v) is 4.42. The molecule has 0 bridgehead atoms. The van der Waals surface area contributed by atoms with Gasteiger partial charge < -0.3 is 15.0 Å². The molecule has 0 aliphatic heterocycles. The predicted molar refractivity (Wildman–Crippen MR) is 71.6 cm³/mol. The van der Waals surface area contributed by atoms with E-state index in [1.807, 2.05) is 30.3 Å². The summed E-state index contributed by atoms with van der Waals surface area (Å²) in [7, 11) is 0. The molecule has 0 radical (unpaired) electrons. The SMILES string of the molecule is CCC(CN)Cc1nc(COc2ccccc2)no1. The summed E-state index contributed by atoms with van der Waals surface area (Å²) < 4.78 is 10.7. The Kier molecular flexibility index (Phi) is 4.92. The molecule has 0 saturated heterocycles. The molecule has 5 nitrogen and oxygen atoms in total. The lowest BCUT2D eigenvalue weighted by atomic mass is 10.0. The molecule has 0 saturated carbocycles. The Morgan fingerprint density at radius 2 is 2.11 bits per heavy atom. The standard InChI is InChI=1S/C14H19N3O2/c1-2-11(9-15)8-14-16-13(17-19-14)10-18-12-6-4-3-5-7-12/h3-7,11H,2,8-10,15H2,1H3. The molecule has 2 N–H and O–H groups in total. The number of para-hydroxylation sites is 1. The molecule has 1 aromatic heterocycles. The number of aromatic nitrogens is 2. The second-order valence-electron chi connectivity index (χ2n) is 4.42. The van der Waals surface area contributed by atoms with Crippen molar-refractivity contribution >= 4 is 0 Å². The molecule has 1 aromatic carbocycles. The molecule has 2 aromatic rings. The van der Waals surface area contributed by atoms with Crippen LogP contribution < -0.4 is 10.5 Å². The number of hydrogen-bond acceptors (Lipinski definition) is 5. The molecular formula is C14H19N3O2. The monoisotopic (exact) mass is 261 g/mol. The van der Waals surface area contributed by atoms with Gasteiger partial charge in [0.05, 0.1) is 0 Å². The fourth-order valence-electron chi connectivity index (χ4n) is 1.74. The predicted octanol–water partition coefficient (Wildman–Crippen LogP) is 2.18. The average Bonchev–Trinajstić information content (AvgIpc) is 2.91. The van der Waals surface area contributed by atoms with E-state index in [2.05, 4.69) is 17.1 Å². The largest absolute Gasteiger partial charge is 0.485 e. The summed E-state index contributed by atoms with van der Waals surface area (Å²) >= 11 is 0. The van der Waals surface area contributed by atoms with Crippen LogP contribution in [0.5, 0.6) is 5.75 Å². The number of rotatable bonds is 7. The zero-order valence-electron chi connectivity index (χ0n) is 11.1. The maximum atomic E-state index is 5.66. The molecule has 0 amide bonds. The molecule has 5 heteroatoms. The average molecular weight is 261 g/mol. The Balaban J connectivity index is 1.87. The molecule has 0 spiro atoms. The topological polar surface area (TPSA) is 74.2 Å². The van der Waals surface area contributed by atoms with E-state index in [-0.39, 0.29) is 0 Å². The van der Waals surface area contributed by atoms with Gasteiger partial charge in [0.25, 0.3) is 0 Å². The van der Waals surface area contributed by atoms with Crippen molar-refractivity contribution in [1.82, 2.24) is 10.1 Å². The highest BCUT2D eigenvalue weighted by Crippen LogP contribution is 2.12. The minimum atomic E-state index is 0.312. The molecule has 2 rings (SSSR count). The maximum absolute atomic E-state index is 5.66. The fourth-order valence-corrected chi connectivity index (χ4v) is 1.74. The lowest BCUT2D eigenvalue weighted by Gasteiger charge is -2.07. The number of nitrogens with two attached hydrogens (primary N) is 1. The molecule has 1 unspecified atom stereocenters. The molecular weight excluding hydrogens is 242 g/mol. The Morgan fingerprint density at radius 1 is 1.32 bits per heavy atom. The van der Waals surface area contributed by atoms with Gasteiger partial charge >= 0.3 is 0 Å². The molecule has 1 heterocycles. The van der Waals surface area contributed by atoms with Gasteiger partial charge in [0.15, 0.2) is 6.61 Å². The van der Waals surface area contributed by atoms with Crippen molar-refractivity contribution in [2.45, 2.75) is 26.4 Å². The number of benzene rings is 1. The van der Waals surface area contributed by atoms with Crippen LogP contribution in [0, 0.1) is 5.92 Å². The lowest BCUT2D eigenvalue weighted by molar-refractivity contribution is 0.284. The van der Waals surface area contributed by atoms with Crippen molar-refractivity contribution in [2.75, 3.05) is 6.54 Å². The lowest BCUT2D eigenvalue weighted by Crippen LogP contribution is -2.16. The van der Waals surface area contributed by atoms with Crippen LogP contribution in [0.25, 0.3) is 0 Å². The maximum Gasteiger partial charge on any atom is 0.227 e. The normalized spacial score (nSPS) is 12.3. The minimum Gasteiger partial charge on any atom is -0.485 e. The number of hydrogen-bond donors (Lipinski definition) is 1. The summed E-state index contributed by atoms with van der Waals surface area (Å²) in [5, 5.41) is 3.90. The quantitative estimate of drug-likeness (QED) is 0.826. The van der Waals surface area contributed by atoms with Crippen molar-refractivity contribution in [2.24, 2.45) is 11.7 Å². The van der Waals surface area contributed by atoms with Gasteiger partial charge in [0.1, 0.15) is 5.75 Å². The van der Waals surface area contributed by atoms with E-state index in [1.54, 1.807) is 0 Å². The third kappa shape index (κ3) is 4.06. The van der Waals surface area contributed by atoms with Gasteiger partial charge in [-0.15, -0.1) is 0 Å². The van der Waals surface area contributed by atoms with Gasteiger partial charge in [-0.05, 0) is 24.6 Å². The summed E-state index contributed by atoms with van der Waals surface area (Å²) in [6.45, 7) is 3.05. The first-order valence-corrected chi connectivity index (χ1v) is 6.51. The summed E-state index contributed by atoms with van der Waals surface area (Å²) in [5.74, 6) is 2.38. The van der Waals surface area contributed by atoms with Crippen molar-refractivity contribution < 1.29 is 9.26 Å². The van der Waals surface area contributed by atoms with Crippen molar-refractivity contribution in [3.05, 3.63) is 42.0 Å². The van der Waals surface area contributed by atoms with Crippen molar-refractivity contribution in [3.63, 3.8) is 0 Å². The summed E-state index contributed by atoms with van der Waals surface area (Å²) in [4.78, 5) is 4.30. The third-order valence-electron chi connectivity index (χ3n) is 3.00. The van der Waals surface area contributed by atoms with Gasteiger partial charge in [0, 0.05) is 6.42 Å². The van der Waals surface area contributed by atoms with Crippen LogP contribution in [-0.2, 0) is 13.0 Å². The first kappa shape index (κ1) is 13.5. The van der Waals surface area contributed by atoms with Crippen LogP contribution in [0.2, 0.25) is 0 Å². The van der Waals surface area contributed by atoms with E-state index in [0.717, 1.165) is 18.6 Å². The zero-order valence-corrected chi connectivity index (χ0v) is 11.1. The molecule has 0 aliphatic rings. The van der Waals surface area contributed by atoms with E-state index in [0.29, 0.717) is 30.8 Å². The van der Waals surface area contributed by atoms with E-state index >= 15 is 0 Å². The van der Waals surface area contributed by atoms with Gasteiger partial charge in [0.2, 0.25) is 11.7 Å². The van der Waals surface area contributed by atoms with Crippen molar-refractivity contribution in [1.29, 1.82) is 0 Å². The van der Waals surface area contributed by atoms with Crippen LogP contribution in [0.15, 0.2) is 34.9 Å². The van der Waals surface area contributed by atoms with E-state index < -0.39 is 0 Å². The first-order chi connectivity index (χ1) is 9.31. The second kappa shape index (κ2) is 6.89. The van der Waals surface area contributed by atoms with Crippen LogP contribution in [-0.4, -0.2) is 16.7 Å². The Hall–Kier alpha value is -1.88. The molecule has 0 aliphatic carbocycles. The molecule has 0 fully saturated rings. The minimum absolute atomic E-state index is 0.312. The Labute approximate surface area is 112 Å². The summed E-state index contributed by atoms with van der Waals surface area (Å²) in [6.07, 6.45) is 1.74. The van der Waals surface area contributed by atoms with Gasteiger partial charge in [-0.3, -0.25) is 0 Å². The fraction of sp³-hybridized carbons (Fsp3) is 0.429. The highest BCUT2D eigenvalue weighted by molar-refractivity contribution is 5.20. The Morgan fingerprint density at radius 3 is 2.79 bits per heavy atom. The number of nitrogens with zero attached hydrogens (tertiary/aromatic N) is 2. The number of ether oxygens (including phenoxy) is 1. The van der Waals surface area contributed by atoms with E-state index in [9.17, 15) is 0 Å². The van der Waals surface area contributed by atoms with Gasteiger partial charge in [-0.2, -0.15) is 4.98 Å².